The van der Waals surface area contributed by atoms with Gasteiger partial charge in [-0.25, -0.2) is 4.68 Å². The number of hydrogen-bond acceptors (Lipinski definition) is 3. The van der Waals surface area contributed by atoms with Gasteiger partial charge in [-0.1, -0.05) is 6.07 Å². The Morgan fingerprint density at radius 1 is 1.26 bits per heavy atom. The lowest BCUT2D eigenvalue weighted by Crippen LogP contribution is -2.42. The molecule has 1 heterocycles. The van der Waals surface area contributed by atoms with Gasteiger partial charge in [-0.2, -0.15) is 18.3 Å². The molecular weight excluding hydrogens is 381 g/mol. The normalized spacial score (nSPS) is 26.7. The fraction of sp³-hybridized carbons (Fsp3) is 0.444. The van der Waals surface area contributed by atoms with Crippen molar-refractivity contribution in [2.45, 2.75) is 31.5 Å². The van der Waals surface area contributed by atoms with Crippen LogP contribution in [0.2, 0.25) is 0 Å². The molecule has 2 aliphatic rings. The molecule has 1 aromatic carbocycles. The summed E-state index contributed by atoms with van der Waals surface area (Å²) in [5, 5.41) is 6.87. The summed E-state index contributed by atoms with van der Waals surface area (Å²) in [4.78, 5) is 12.6. The minimum absolute atomic E-state index is 0. The third-order valence-corrected chi connectivity index (χ3v) is 5.57. The first kappa shape index (κ1) is 19.7. The van der Waals surface area contributed by atoms with Gasteiger partial charge in [0, 0.05) is 6.04 Å². The maximum Gasteiger partial charge on any atom is 0.416 e. The van der Waals surface area contributed by atoms with E-state index < -0.39 is 11.7 Å². The Labute approximate surface area is 160 Å². The SMILES string of the molecule is Cl.NC1C2CCC(C2)C1C(=O)Nc1cnn(-c2cccc(C(F)(F)F)c2)c1. The first-order valence-electron chi connectivity index (χ1n) is 8.61. The Bertz CT molecular complexity index is 836. The number of aromatic nitrogens is 2. The van der Waals surface area contributed by atoms with Crippen molar-refractivity contribution >= 4 is 24.0 Å². The van der Waals surface area contributed by atoms with E-state index in [0.717, 1.165) is 31.4 Å². The molecule has 4 rings (SSSR count). The first-order chi connectivity index (χ1) is 12.3. The second kappa shape index (κ2) is 7.16. The number of halogens is 4. The highest BCUT2D eigenvalue weighted by molar-refractivity contribution is 5.93. The van der Waals surface area contributed by atoms with E-state index in [-0.39, 0.29) is 36.0 Å². The molecule has 4 unspecified atom stereocenters. The molecule has 2 saturated carbocycles. The van der Waals surface area contributed by atoms with Crippen molar-refractivity contribution in [1.82, 2.24) is 9.78 Å². The number of fused-ring (bicyclic) bond motifs is 2. The largest absolute Gasteiger partial charge is 0.416 e. The lowest BCUT2D eigenvalue weighted by atomic mass is 9.84. The van der Waals surface area contributed by atoms with Crippen molar-refractivity contribution in [1.29, 1.82) is 0 Å². The van der Waals surface area contributed by atoms with E-state index in [1.54, 1.807) is 0 Å². The van der Waals surface area contributed by atoms with Gasteiger partial charge >= 0.3 is 6.18 Å². The number of hydrogen-bond donors (Lipinski definition) is 2. The van der Waals surface area contributed by atoms with Gasteiger partial charge in [0.2, 0.25) is 5.91 Å². The molecule has 9 heteroatoms. The van der Waals surface area contributed by atoms with Crippen LogP contribution in [0.5, 0.6) is 0 Å². The molecule has 146 valence electrons. The third-order valence-electron chi connectivity index (χ3n) is 5.57. The van der Waals surface area contributed by atoms with E-state index >= 15 is 0 Å². The first-order valence-corrected chi connectivity index (χ1v) is 8.61. The lowest BCUT2D eigenvalue weighted by molar-refractivity contribution is -0.137. The van der Waals surface area contributed by atoms with E-state index in [2.05, 4.69) is 10.4 Å². The summed E-state index contributed by atoms with van der Waals surface area (Å²) in [6.07, 6.45) is 1.63. The van der Waals surface area contributed by atoms with Crippen molar-refractivity contribution in [3.05, 3.63) is 42.2 Å². The smallest absolute Gasteiger partial charge is 0.327 e. The van der Waals surface area contributed by atoms with Gasteiger partial charge in [0.1, 0.15) is 0 Å². The molecule has 2 bridgehead atoms. The molecule has 0 radical (unpaired) electrons. The van der Waals surface area contributed by atoms with Crippen LogP contribution in [0.4, 0.5) is 18.9 Å². The number of anilines is 1. The number of carbonyl (C=O) groups is 1. The predicted octanol–water partition coefficient (Wildman–Crippen LogP) is 3.62. The number of benzene rings is 1. The average Bonchev–Trinajstić information content (AvgIpc) is 3.30. The van der Waals surface area contributed by atoms with Crippen molar-refractivity contribution in [2.75, 3.05) is 5.32 Å². The van der Waals surface area contributed by atoms with Gasteiger partial charge in [-0.15, -0.1) is 12.4 Å². The Kier molecular flexibility index (Phi) is 5.22. The fourth-order valence-electron chi connectivity index (χ4n) is 4.30. The van der Waals surface area contributed by atoms with Crippen LogP contribution in [0, 0.1) is 17.8 Å². The molecule has 27 heavy (non-hydrogen) atoms. The van der Waals surface area contributed by atoms with E-state index in [0.29, 0.717) is 17.5 Å². The van der Waals surface area contributed by atoms with Crippen LogP contribution in [0.25, 0.3) is 5.69 Å². The Hall–Kier alpha value is -2.06. The number of nitrogens with two attached hydrogens (primary N) is 1. The highest BCUT2D eigenvalue weighted by Gasteiger charge is 2.49. The fourth-order valence-corrected chi connectivity index (χ4v) is 4.30. The van der Waals surface area contributed by atoms with Crippen LogP contribution in [0.1, 0.15) is 24.8 Å². The molecule has 3 N–H and O–H groups in total. The van der Waals surface area contributed by atoms with Gasteiger partial charge in [0.15, 0.2) is 0 Å². The number of amides is 1. The number of alkyl halides is 3. The van der Waals surface area contributed by atoms with Gasteiger partial charge < -0.3 is 11.1 Å². The summed E-state index contributed by atoms with van der Waals surface area (Å²) >= 11 is 0. The van der Waals surface area contributed by atoms with Gasteiger partial charge in [0.05, 0.1) is 35.2 Å². The maximum absolute atomic E-state index is 12.8. The van der Waals surface area contributed by atoms with Gasteiger partial charge in [-0.3, -0.25) is 4.79 Å². The molecule has 2 aromatic rings. The van der Waals surface area contributed by atoms with E-state index in [4.69, 9.17) is 5.73 Å². The van der Waals surface area contributed by atoms with Crippen LogP contribution < -0.4 is 11.1 Å². The minimum atomic E-state index is -4.42. The van der Waals surface area contributed by atoms with E-state index in [1.165, 1.54) is 29.2 Å². The number of carbonyl (C=O) groups excluding carboxylic acids is 1. The monoisotopic (exact) mass is 400 g/mol. The minimum Gasteiger partial charge on any atom is -0.327 e. The zero-order valence-electron chi connectivity index (χ0n) is 14.3. The third kappa shape index (κ3) is 3.68. The molecule has 5 nitrogen and oxygen atoms in total. The van der Waals surface area contributed by atoms with Crippen LogP contribution in [-0.2, 0) is 11.0 Å². The summed E-state index contributed by atoms with van der Waals surface area (Å²) in [6, 6.07) is 4.76. The summed E-state index contributed by atoms with van der Waals surface area (Å²) in [5.74, 6) is 0.413. The van der Waals surface area contributed by atoms with Crippen molar-refractivity contribution in [3.8, 4) is 5.69 Å². The van der Waals surface area contributed by atoms with Crippen LogP contribution in [0.3, 0.4) is 0 Å². The number of rotatable bonds is 3. The summed E-state index contributed by atoms with van der Waals surface area (Å²) in [5.41, 5.74) is 6.16. The van der Waals surface area contributed by atoms with E-state index in [9.17, 15) is 18.0 Å². The van der Waals surface area contributed by atoms with Crippen LogP contribution in [-0.4, -0.2) is 21.7 Å². The average molecular weight is 401 g/mol. The molecule has 0 saturated heterocycles. The topological polar surface area (TPSA) is 72.9 Å². The standard InChI is InChI=1S/C18H19F3N4O.ClH/c19-18(20,21)12-2-1-3-14(7-12)25-9-13(8-23-25)24-17(26)15-10-4-5-11(6-10)16(15)22;/h1-3,7-11,15-16H,4-6,22H2,(H,24,26);1H. The molecule has 4 atom stereocenters. The van der Waals surface area contributed by atoms with Crippen molar-refractivity contribution < 1.29 is 18.0 Å². The lowest BCUT2D eigenvalue weighted by Gasteiger charge is -2.26. The maximum atomic E-state index is 12.8. The summed E-state index contributed by atoms with van der Waals surface area (Å²) < 4.78 is 39.8. The number of nitrogens with one attached hydrogen (secondary N) is 1. The van der Waals surface area contributed by atoms with Crippen molar-refractivity contribution in [3.63, 3.8) is 0 Å². The summed E-state index contributed by atoms with van der Waals surface area (Å²) in [6.45, 7) is 0. The molecule has 1 aromatic heterocycles. The van der Waals surface area contributed by atoms with Gasteiger partial charge in [0.25, 0.3) is 0 Å². The zero-order valence-corrected chi connectivity index (χ0v) is 15.1. The van der Waals surface area contributed by atoms with Gasteiger partial charge in [-0.05, 0) is 49.3 Å². The zero-order chi connectivity index (χ0) is 18.5. The molecular formula is C18H20ClF3N4O. The Morgan fingerprint density at radius 3 is 2.67 bits per heavy atom. The van der Waals surface area contributed by atoms with E-state index in [1.807, 2.05) is 0 Å². The second-order valence-electron chi connectivity index (χ2n) is 7.15. The Balaban J connectivity index is 0.00000210. The number of nitrogens with zero attached hydrogens (tertiary/aromatic N) is 2. The molecule has 2 fully saturated rings. The quantitative estimate of drug-likeness (QED) is 0.826. The van der Waals surface area contributed by atoms with Crippen LogP contribution in [0.15, 0.2) is 36.7 Å². The Morgan fingerprint density at radius 2 is 2.00 bits per heavy atom. The molecule has 0 spiro atoms. The second-order valence-corrected chi connectivity index (χ2v) is 7.15. The predicted molar refractivity (Wildman–Crippen MR) is 96.7 cm³/mol. The molecule has 0 aliphatic heterocycles. The van der Waals surface area contributed by atoms with Crippen LogP contribution >= 0.6 is 12.4 Å². The molecule has 1 amide bonds. The highest BCUT2D eigenvalue weighted by Crippen LogP contribution is 2.47. The highest BCUT2D eigenvalue weighted by atomic mass is 35.5. The van der Waals surface area contributed by atoms with Crippen molar-refractivity contribution in [2.24, 2.45) is 23.5 Å². The summed E-state index contributed by atoms with van der Waals surface area (Å²) in [7, 11) is 0. The molecule has 2 aliphatic carbocycles.